The van der Waals surface area contributed by atoms with E-state index in [1.165, 1.54) is 5.56 Å². The Morgan fingerprint density at radius 2 is 1.76 bits per heavy atom. The van der Waals surface area contributed by atoms with E-state index in [-0.39, 0.29) is 0 Å². The summed E-state index contributed by atoms with van der Waals surface area (Å²) in [5, 5.41) is 6.85. The number of hydrogen-bond acceptors (Lipinski definition) is 4. The number of aromatic nitrogens is 2. The first-order chi connectivity index (χ1) is 10.3. The van der Waals surface area contributed by atoms with Crippen molar-refractivity contribution in [3.05, 3.63) is 41.7 Å². The van der Waals surface area contributed by atoms with Gasteiger partial charge in [0, 0.05) is 17.8 Å². The van der Waals surface area contributed by atoms with Gasteiger partial charge < -0.3 is 10.6 Å². The Kier molecular flexibility index (Phi) is 5.55. The van der Waals surface area contributed by atoms with Crippen molar-refractivity contribution < 1.29 is 0 Å². The maximum absolute atomic E-state index is 4.44. The van der Waals surface area contributed by atoms with Crippen molar-refractivity contribution in [3.8, 4) is 0 Å². The van der Waals surface area contributed by atoms with Crippen LogP contribution in [0.1, 0.15) is 37.8 Å². The summed E-state index contributed by atoms with van der Waals surface area (Å²) in [5.41, 5.74) is 3.47. The Morgan fingerprint density at radius 3 is 2.48 bits per heavy atom. The molecular formula is C17H24N4. The van der Waals surface area contributed by atoms with Crippen LogP contribution in [0.2, 0.25) is 0 Å². The highest BCUT2D eigenvalue weighted by atomic mass is 15.1. The molecule has 0 aliphatic heterocycles. The number of para-hydroxylation sites is 1. The summed E-state index contributed by atoms with van der Waals surface area (Å²) < 4.78 is 0. The Labute approximate surface area is 127 Å². The van der Waals surface area contributed by atoms with Gasteiger partial charge in [-0.2, -0.15) is 0 Å². The molecule has 0 saturated heterocycles. The minimum absolute atomic E-state index is 0.903. The molecule has 0 radical (unpaired) electrons. The molecule has 2 N–H and O–H groups in total. The van der Waals surface area contributed by atoms with Gasteiger partial charge in [-0.3, -0.25) is 0 Å². The third-order valence-electron chi connectivity index (χ3n) is 3.39. The summed E-state index contributed by atoms with van der Waals surface area (Å²) in [4.78, 5) is 8.84. The van der Waals surface area contributed by atoms with Crippen LogP contribution >= 0.6 is 0 Å². The normalized spacial score (nSPS) is 10.4. The number of hydrogen-bond donors (Lipinski definition) is 2. The summed E-state index contributed by atoms with van der Waals surface area (Å²) in [6.07, 6.45) is 4.73. The van der Waals surface area contributed by atoms with Gasteiger partial charge in [-0.15, -0.1) is 0 Å². The molecule has 0 atom stereocenters. The monoisotopic (exact) mass is 284 g/mol. The molecule has 0 aliphatic rings. The number of nitrogens with zero attached hydrogens (tertiary/aromatic N) is 2. The highest BCUT2D eigenvalue weighted by Crippen LogP contribution is 2.26. The minimum atomic E-state index is 0.903. The van der Waals surface area contributed by atoms with Gasteiger partial charge in [0.25, 0.3) is 0 Å². The fourth-order valence-electron chi connectivity index (χ4n) is 2.24. The molecule has 0 bridgehead atoms. The molecule has 1 aromatic heterocycles. The summed E-state index contributed by atoms with van der Waals surface area (Å²) in [5.74, 6) is 1.85. The SMILES string of the molecule is CCCNc1ncnc(Nc2ccccc2C)c1CCC. The van der Waals surface area contributed by atoms with E-state index in [2.05, 4.69) is 53.5 Å². The molecule has 0 spiro atoms. The lowest BCUT2D eigenvalue weighted by atomic mass is 10.1. The first-order valence-corrected chi connectivity index (χ1v) is 7.66. The van der Waals surface area contributed by atoms with E-state index < -0.39 is 0 Å². The standard InChI is InChI=1S/C17H24N4/c1-4-8-14-16(18-11-5-2)19-12-20-17(14)21-15-10-7-6-9-13(15)3/h6-7,9-10,12H,4-5,8,11H2,1-3H3,(H2,18,19,20,21). The molecule has 112 valence electrons. The second-order valence-electron chi connectivity index (χ2n) is 5.17. The third-order valence-corrected chi connectivity index (χ3v) is 3.39. The van der Waals surface area contributed by atoms with Crippen LogP contribution in [0.25, 0.3) is 0 Å². The molecule has 1 heterocycles. The molecule has 0 aliphatic carbocycles. The van der Waals surface area contributed by atoms with Gasteiger partial charge in [0.2, 0.25) is 0 Å². The van der Waals surface area contributed by atoms with Gasteiger partial charge in [0.15, 0.2) is 0 Å². The molecule has 1 aromatic carbocycles. The molecular weight excluding hydrogens is 260 g/mol. The van der Waals surface area contributed by atoms with Crippen LogP contribution in [-0.4, -0.2) is 16.5 Å². The van der Waals surface area contributed by atoms with Gasteiger partial charge in [0.1, 0.15) is 18.0 Å². The summed E-state index contributed by atoms with van der Waals surface area (Å²) in [7, 11) is 0. The van der Waals surface area contributed by atoms with E-state index in [1.807, 2.05) is 12.1 Å². The smallest absolute Gasteiger partial charge is 0.139 e. The lowest BCUT2D eigenvalue weighted by molar-refractivity contribution is 0.892. The molecule has 2 rings (SSSR count). The number of nitrogens with one attached hydrogen (secondary N) is 2. The predicted octanol–water partition coefficient (Wildman–Crippen LogP) is 4.30. The van der Waals surface area contributed by atoms with Gasteiger partial charge in [-0.05, 0) is 31.4 Å². The van der Waals surface area contributed by atoms with E-state index in [1.54, 1.807) is 6.33 Å². The molecule has 2 aromatic rings. The van der Waals surface area contributed by atoms with Crippen LogP contribution in [0.15, 0.2) is 30.6 Å². The minimum Gasteiger partial charge on any atom is -0.370 e. The topological polar surface area (TPSA) is 49.8 Å². The van der Waals surface area contributed by atoms with Crippen molar-refractivity contribution in [3.63, 3.8) is 0 Å². The molecule has 4 heteroatoms. The molecule has 4 nitrogen and oxygen atoms in total. The molecule has 0 amide bonds. The lowest BCUT2D eigenvalue weighted by Crippen LogP contribution is -2.09. The van der Waals surface area contributed by atoms with Crippen LogP contribution < -0.4 is 10.6 Å². The van der Waals surface area contributed by atoms with Crippen LogP contribution in [0.5, 0.6) is 0 Å². The maximum atomic E-state index is 4.44. The second-order valence-corrected chi connectivity index (χ2v) is 5.17. The number of aryl methyl sites for hydroxylation is 1. The maximum Gasteiger partial charge on any atom is 0.139 e. The Bertz CT molecular complexity index is 581. The predicted molar refractivity (Wildman–Crippen MR) is 89.3 cm³/mol. The largest absolute Gasteiger partial charge is 0.370 e. The zero-order valence-corrected chi connectivity index (χ0v) is 13.1. The first kappa shape index (κ1) is 15.3. The zero-order chi connectivity index (χ0) is 15.1. The molecule has 21 heavy (non-hydrogen) atoms. The van der Waals surface area contributed by atoms with Crippen molar-refractivity contribution in [2.45, 2.75) is 40.0 Å². The van der Waals surface area contributed by atoms with Crippen molar-refractivity contribution in [2.75, 3.05) is 17.2 Å². The van der Waals surface area contributed by atoms with Gasteiger partial charge in [-0.25, -0.2) is 9.97 Å². The number of benzene rings is 1. The van der Waals surface area contributed by atoms with E-state index in [0.717, 1.165) is 48.7 Å². The van der Waals surface area contributed by atoms with Crippen molar-refractivity contribution in [1.82, 2.24) is 9.97 Å². The zero-order valence-electron chi connectivity index (χ0n) is 13.1. The van der Waals surface area contributed by atoms with Crippen molar-refractivity contribution in [2.24, 2.45) is 0 Å². The summed E-state index contributed by atoms with van der Waals surface area (Å²) >= 11 is 0. The Morgan fingerprint density at radius 1 is 1.00 bits per heavy atom. The van der Waals surface area contributed by atoms with Gasteiger partial charge in [0.05, 0.1) is 0 Å². The van der Waals surface area contributed by atoms with Crippen LogP contribution in [0.3, 0.4) is 0 Å². The Hall–Kier alpha value is -2.10. The van der Waals surface area contributed by atoms with E-state index >= 15 is 0 Å². The van der Waals surface area contributed by atoms with E-state index in [0.29, 0.717) is 0 Å². The van der Waals surface area contributed by atoms with Gasteiger partial charge in [-0.1, -0.05) is 38.5 Å². The van der Waals surface area contributed by atoms with Crippen molar-refractivity contribution in [1.29, 1.82) is 0 Å². The van der Waals surface area contributed by atoms with Gasteiger partial charge >= 0.3 is 0 Å². The van der Waals surface area contributed by atoms with E-state index in [4.69, 9.17) is 0 Å². The summed E-state index contributed by atoms with van der Waals surface area (Å²) in [6, 6.07) is 8.25. The van der Waals surface area contributed by atoms with E-state index in [9.17, 15) is 0 Å². The second kappa shape index (κ2) is 7.62. The molecule has 0 saturated carbocycles. The van der Waals surface area contributed by atoms with Crippen LogP contribution in [0.4, 0.5) is 17.3 Å². The number of anilines is 3. The first-order valence-electron chi connectivity index (χ1n) is 7.66. The fraction of sp³-hybridized carbons (Fsp3) is 0.412. The molecule has 0 unspecified atom stereocenters. The van der Waals surface area contributed by atoms with Crippen LogP contribution in [0, 0.1) is 6.92 Å². The average molecular weight is 284 g/mol. The summed E-state index contributed by atoms with van der Waals surface area (Å²) in [6.45, 7) is 7.35. The average Bonchev–Trinajstić information content (AvgIpc) is 2.50. The fourth-order valence-corrected chi connectivity index (χ4v) is 2.24. The third kappa shape index (κ3) is 3.94. The highest BCUT2D eigenvalue weighted by molar-refractivity contribution is 5.66. The van der Waals surface area contributed by atoms with Crippen molar-refractivity contribution >= 4 is 17.3 Å². The number of rotatable bonds is 7. The highest BCUT2D eigenvalue weighted by Gasteiger charge is 2.11. The quantitative estimate of drug-likeness (QED) is 0.795. The van der Waals surface area contributed by atoms with Crippen LogP contribution in [-0.2, 0) is 6.42 Å². The lowest BCUT2D eigenvalue weighted by Gasteiger charge is -2.16. The Balaban J connectivity index is 2.31. The molecule has 0 fully saturated rings.